The molecule has 0 bridgehead atoms. The maximum Gasteiger partial charge on any atom is 0.318 e. The van der Waals surface area contributed by atoms with E-state index in [2.05, 4.69) is 4.74 Å². The predicted octanol–water partition coefficient (Wildman–Crippen LogP) is 0.0946. The minimum Gasteiger partial charge on any atom is -0.395 e. The Hall–Kier alpha value is -0.900. The van der Waals surface area contributed by atoms with Crippen molar-refractivity contribution in [1.82, 2.24) is 0 Å². The summed E-state index contributed by atoms with van der Waals surface area (Å²) in [6.45, 7) is 2.79. The van der Waals surface area contributed by atoms with Gasteiger partial charge in [-0.15, -0.1) is 0 Å². The topological polar surface area (TPSA) is 63.6 Å². The van der Waals surface area contributed by atoms with Crippen LogP contribution in [0.3, 0.4) is 0 Å². The highest BCUT2D eigenvalue weighted by Crippen LogP contribution is 1.97. The van der Waals surface area contributed by atoms with Crippen molar-refractivity contribution >= 4 is 11.9 Å². The lowest BCUT2D eigenvalue weighted by atomic mass is 10.2. The van der Waals surface area contributed by atoms with Crippen molar-refractivity contribution < 1.29 is 19.4 Å². The molecule has 0 spiro atoms. The molecule has 0 heterocycles. The molecule has 0 saturated carbocycles. The van der Waals surface area contributed by atoms with E-state index in [9.17, 15) is 9.59 Å². The van der Waals surface area contributed by atoms with Crippen molar-refractivity contribution in [1.29, 1.82) is 0 Å². The van der Waals surface area contributed by atoms with Gasteiger partial charge in [-0.1, -0.05) is 6.92 Å². The van der Waals surface area contributed by atoms with E-state index in [0.717, 1.165) is 0 Å². The van der Waals surface area contributed by atoms with E-state index in [-0.39, 0.29) is 13.0 Å². The van der Waals surface area contributed by atoms with Crippen LogP contribution in [0.15, 0.2) is 0 Å². The first-order valence-corrected chi connectivity index (χ1v) is 3.47. The predicted molar refractivity (Wildman–Crippen MR) is 37.6 cm³/mol. The van der Waals surface area contributed by atoms with Crippen LogP contribution in [0.25, 0.3) is 0 Å². The molecule has 0 fully saturated rings. The van der Waals surface area contributed by atoms with Crippen LogP contribution < -0.4 is 0 Å². The first-order chi connectivity index (χ1) is 5.11. The summed E-state index contributed by atoms with van der Waals surface area (Å²) < 4.78 is 4.31. The quantitative estimate of drug-likeness (QED) is 0.469. The minimum absolute atomic E-state index is 0.171. The maximum atomic E-state index is 10.7. The Balaban J connectivity index is 3.77. The molecule has 1 atom stereocenters. The van der Waals surface area contributed by atoms with Crippen molar-refractivity contribution in [3.05, 3.63) is 0 Å². The summed E-state index contributed by atoms with van der Waals surface area (Å²) in [7, 11) is 0. The van der Waals surface area contributed by atoms with Crippen LogP contribution in [-0.2, 0) is 14.3 Å². The highest BCUT2D eigenvalue weighted by molar-refractivity contribution is 5.86. The summed E-state index contributed by atoms with van der Waals surface area (Å²) in [5.74, 6) is -1.85. The number of carbonyl (C=O) groups excluding carboxylic acids is 2. The standard InChI is InChI=1S/C7H12O4/c1-3-6(9)11-7(10)5(2)4-8/h5,8H,3-4H2,1-2H3. The maximum absolute atomic E-state index is 10.7. The SMILES string of the molecule is CCC(=O)OC(=O)C(C)CO. The van der Waals surface area contributed by atoms with Crippen LogP contribution in [0, 0.1) is 5.92 Å². The number of hydrogen-bond acceptors (Lipinski definition) is 4. The molecule has 1 unspecified atom stereocenters. The summed E-state index contributed by atoms with van der Waals surface area (Å²) in [4.78, 5) is 21.3. The van der Waals surface area contributed by atoms with Crippen LogP contribution in [0.1, 0.15) is 20.3 Å². The van der Waals surface area contributed by atoms with Crippen LogP contribution in [-0.4, -0.2) is 23.7 Å². The summed E-state index contributed by atoms with van der Waals surface area (Å²) in [6.07, 6.45) is 0.171. The monoisotopic (exact) mass is 160 g/mol. The lowest BCUT2D eigenvalue weighted by molar-refractivity contribution is -0.162. The Kier molecular flexibility index (Phi) is 4.45. The highest BCUT2D eigenvalue weighted by Gasteiger charge is 2.15. The molecule has 0 amide bonds. The summed E-state index contributed by atoms with van der Waals surface area (Å²) in [6, 6.07) is 0. The van der Waals surface area contributed by atoms with Gasteiger partial charge in [0.05, 0.1) is 12.5 Å². The average Bonchev–Trinajstić information content (AvgIpc) is 2.02. The average molecular weight is 160 g/mol. The molecule has 0 radical (unpaired) electrons. The van der Waals surface area contributed by atoms with Gasteiger partial charge in [-0.3, -0.25) is 9.59 Å². The summed E-state index contributed by atoms with van der Waals surface area (Å²) >= 11 is 0. The molecule has 11 heavy (non-hydrogen) atoms. The third-order valence-electron chi connectivity index (χ3n) is 1.18. The minimum atomic E-state index is -0.667. The van der Waals surface area contributed by atoms with Crippen LogP contribution in [0.5, 0.6) is 0 Å². The van der Waals surface area contributed by atoms with E-state index in [1.165, 1.54) is 6.92 Å². The van der Waals surface area contributed by atoms with Crippen molar-refractivity contribution in [2.24, 2.45) is 5.92 Å². The van der Waals surface area contributed by atoms with E-state index < -0.39 is 17.9 Å². The first-order valence-electron chi connectivity index (χ1n) is 3.47. The number of aliphatic hydroxyl groups excluding tert-OH is 1. The zero-order chi connectivity index (χ0) is 8.85. The fourth-order valence-corrected chi connectivity index (χ4v) is 0.359. The van der Waals surface area contributed by atoms with Gasteiger partial charge < -0.3 is 9.84 Å². The second-order valence-electron chi connectivity index (χ2n) is 2.23. The van der Waals surface area contributed by atoms with Crippen molar-refractivity contribution in [3.63, 3.8) is 0 Å². The highest BCUT2D eigenvalue weighted by atomic mass is 16.6. The molecule has 64 valence electrons. The molecule has 0 aromatic rings. The Bertz CT molecular complexity index is 153. The van der Waals surface area contributed by atoms with E-state index in [1.54, 1.807) is 6.92 Å². The van der Waals surface area contributed by atoms with E-state index >= 15 is 0 Å². The lowest BCUT2D eigenvalue weighted by Gasteiger charge is -2.04. The molecular weight excluding hydrogens is 148 g/mol. The normalized spacial score (nSPS) is 12.3. The molecular formula is C7H12O4. The third-order valence-corrected chi connectivity index (χ3v) is 1.18. The lowest BCUT2D eigenvalue weighted by Crippen LogP contribution is -2.21. The van der Waals surface area contributed by atoms with Gasteiger partial charge in [-0.25, -0.2) is 0 Å². The van der Waals surface area contributed by atoms with Gasteiger partial charge in [0, 0.05) is 6.42 Å². The fourth-order valence-electron chi connectivity index (χ4n) is 0.359. The van der Waals surface area contributed by atoms with Gasteiger partial charge in [-0.05, 0) is 6.92 Å². The fraction of sp³-hybridized carbons (Fsp3) is 0.714. The summed E-state index contributed by atoms with van der Waals surface area (Å²) in [5.41, 5.74) is 0. The van der Waals surface area contributed by atoms with E-state index in [4.69, 9.17) is 5.11 Å². The second kappa shape index (κ2) is 4.85. The second-order valence-corrected chi connectivity index (χ2v) is 2.23. The van der Waals surface area contributed by atoms with E-state index in [1.807, 2.05) is 0 Å². The number of esters is 2. The molecule has 0 aliphatic rings. The van der Waals surface area contributed by atoms with Gasteiger partial charge in [0.15, 0.2) is 0 Å². The number of ether oxygens (including phenoxy) is 1. The first kappa shape index (κ1) is 10.1. The number of hydrogen-bond donors (Lipinski definition) is 1. The van der Waals surface area contributed by atoms with Gasteiger partial charge >= 0.3 is 11.9 Å². The smallest absolute Gasteiger partial charge is 0.318 e. The molecule has 0 aliphatic heterocycles. The number of aliphatic hydroxyl groups is 1. The van der Waals surface area contributed by atoms with Gasteiger partial charge in [0.1, 0.15) is 0 Å². The van der Waals surface area contributed by atoms with Crippen LogP contribution in [0.2, 0.25) is 0 Å². The number of carbonyl (C=O) groups is 2. The van der Waals surface area contributed by atoms with Crippen molar-refractivity contribution in [3.8, 4) is 0 Å². The number of rotatable bonds is 3. The molecule has 0 saturated heterocycles. The third kappa shape index (κ3) is 3.72. The molecule has 4 nitrogen and oxygen atoms in total. The Morgan fingerprint density at radius 1 is 1.55 bits per heavy atom. The van der Waals surface area contributed by atoms with Gasteiger partial charge in [0.2, 0.25) is 0 Å². The Morgan fingerprint density at radius 3 is 2.45 bits per heavy atom. The Morgan fingerprint density at radius 2 is 2.09 bits per heavy atom. The van der Waals surface area contributed by atoms with Crippen molar-refractivity contribution in [2.45, 2.75) is 20.3 Å². The zero-order valence-electron chi connectivity index (χ0n) is 6.66. The van der Waals surface area contributed by atoms with Crippen LogP contribution >= 0.6 is 0 Å². The van der Waals surface area contributed by atoms with Crippen LogP contribution in [0.4, 0.5) is 0 Å². The van der Waals surface area contributed by atoms with Crippen molar-refractivity contribution in [2.75, 3.05) is 6.61 Å². The van der Waals surface area contributed by atoms with Gasteiger partial charge in [0.25, 0.3) is 0 Å². The molecule has 1 N–H and O–H groups in total. The zero-order valence-corrected chi connectivity index (χ0v) is 6.66. The molecule has 0 aliphatic carbocycles. The molecule has 4 heteroatoms. The largest absolute Gasteiger partial charge is 0.395 e. The molecule has 0 aromatic carbocycles. The molecule has 0 rings (SSSR count). The molecule has 0 aromatic heterocycles. The Labute approximate surface area is 65.2 Å². The van der Waals surface area contributed by atoms with Gasteiger partial charge in [-0.2, -0.15) is 0 Å². The summed E-state index contributed by atoms with van der Waals surface area (Å²) in [5, 5.41) is 8.48. The van der Waals surface area contributed by atoms with E-state index in [0.29, 0.717) is 0 Å².